The van der Waals surface area contributed by atoms with Crippen molar-refractivity contribution in [3.63, 3.8) is 0 Å². The van der Waals surface area contributed by atoms with Crippen molar-refractivity contribution in [1.82, 2.24) is 0 Å². The average Bonchev–Trinajstić information content (AvgIpc) is 1.88. The number of nitrogens with two attached hydrogens (primary N) is 1. The van der Waals surface area contributed by atoms with E-state index in [0.717, 1.165) is 0 Å². The predicted octanol–water partition coefficient (Wildman–Crippen LogP) is -0.790. The van der Waals surface area contributed by atoms with Gasteiger partial charge in [-0.05, 0) is 6.42 Å². The standard InChI is InChI=1S/C4H9NO5/c5-3(4(6)7)1-2-9-10-8/h3,8H,1-2,5H2,(H,6,7). The van der Waals surface area contributed by atoms with Crippen LogP contribution < -0.4 is 5.73 Å². The molecule has 0 aromatic heterocycles. The summed E-state index contributed by atoms with van der Waals surface area (Å²) in [4.78, 5) is 14.0. The van der Waals surface area contributed by atoms with E-state index in [1.165, 1.54) is 0 Å². The first-order chi connectivity index (χ1) is 4.68. The maximum absolute atomic E-state index is 10.0. The number of aliphatic carboxylic acids is 1. The largest absolute Gasteiger partial charge is 0.480 e. The Balaban J connectivity index is 3.21. The van der Waals surface area contributed by atoms with Crippen molar-refractivity contribution in [2.75, 3.05) is 6.61 Å². The van der Waals surface area contributed by atoms with Gasteiger partial charge in [0.15, 0.2) is 0 Å². The lowest BCUT2D eigenvalue weighted by molar-refractivity contribution is -0.490. The van der Waals surface area contributed by atoms with Crippen LogP contribution >= 0.6 is 0 Å². The number of carboxylic acids is 1. The van der Waals surface area contributed by atoms with Gasteiger partial charge in [-0.2, -0.15) is 0 Å². The summed E-state index contributed by atoms with van der Waals surface area (Å²) in [7, 11) is 0. The molecular formula is C4H9NO5. The Morgan fingerprint density at radius 2 is 2.30 bits per heavy atom. The molecule has 0 aliphatic heterocycles. The van der Waals surface area contributed by atoms with E-state index in [-0.39, 0.29) is 13.0 Å². The molecule has 6 nitrogen and oxygen atoms in total. The zero-order chi connectivity index (χ0) is 7.98. The minimum Gasteiger partial charge on any atom is -0.480 e. The van der Waals surface area contributed by atoms with E-state index in [0.29, 0.717) is 0 Å². The van der Waals surface area contributed by atoms with E-state index < -0.39 is 12.0 Å². The van der Waals surface area contributed by atoms with Crippen molar-refractivity contribution in [2.45, 2.75) is 12.5 Å². The summed E-state index contributed by atoms with van der Waals surface area (Å²) in [5.74, 6) is -1.11. The van der Waals surface area contributed by atoms with Gasteiger partial charge in [-0.25, -0.2) is 10.1 Å². The fourth-order valence-electron chi connectivity index (χ4n) is 0.336. The van der Waals surface area contributed by atoms with Gasteiger partial charge < -0.3 is 10.8 Å². The Morgan fingerprint density at radius 1 is 1.70 bits per heavy atom. The van der Waals surface area contributed by atoms with Crippen molar-refractivity contribution in [1.29, 1.82) is 0 Å². The molecule has 6 heteroatoms. The SMILES string of the molecule is NC(CCOOO)C(=O)O. The Labute approximate surface area is 57.0 Å². The number of hydrogen-bond donors (Lipinski definition) is 3. The topological polar surface area (TPSA) is 102 Å². The van der Waals surface area contributed by atoms with E-state index >= 15 is 0 Å². The zero-order valence-corrected chi connectivity index (χ0v) is 5.19. The first kappa shape index (κ1) is 9.31. The Morgan fingerprint density at radius 3 is 2.70 bits per heavy atom. The van der Waals surface area contributed by atoms with Gasteiger partial charge in [-0.15, -0.1) is 0 Å². The Kier molecular flexibility index (Phi) is 4.77. The summed E-state index contributed by atoms with van der Waals surface area (Å²) >= 11 is 0. The lowest BCUT2D eigenvalue weighted by Gasteiger charge is -2.02. The van der Waals surface area contributed by atoms with E-state index in [2.05, 4.69) is 9.93 Å². The van der Waals surface area contributed by atoms with E-state index in [1.807, 2.05) is 0 Å². The van der Waals surface area contributed by atoms with E-state index in [9.17, 15) is 4.79 Å². The first-order valence-corrected chi connectivity index (χ1v) is 2.60. The van der Waals surface area contributed by atoms with Crippen LogP contribution in [0.15, 0.2) is 0 Å². The van der Waals surface area contributed by atoms with E-state index in [1.54, 1.807) is 0 Å². The predicted molar refractivity (Wildman–Crippen MR) is 29.9 cm³/mol. The van der Waals surface area contributed by atoms with Crippen LogP contribution in [0.2, 0.25) is 0 Å². The third-order valence-corrected chi connectivity index (χ3v) is 0.882. The maximum Gasteiger partial charge on any atom is 0.320 e. The smallest absolute Gasteiger partial charge is 0.320 e. The fourth-order valence-corrected chi connectivity index (χ4v) is 0.336. The Hall–Kier alpha value is -0.690. The molecule has 0 spiro atoms. The third kappa shape index (κ3) is 4.21. The molecule has 0 saturated heterocycles. The maximum atomic E-state index is 10.0. The number of hydrogen-bond acceptors (Lipinski definition) is 5. The molecule has 0 aliphatic carbocycles. The normalized spacial score (nSPS) is 13.0. The van der Waals surface area contributed by atoms with Crippen LogP contribution in [0.25, 0.3) is 0 Å². The molecule has 0 fully saturated rings. The lowest BCUT2D eigenvalue weighted by Crippen LogP contribution is -2.31. The number of carboxylic acid groups (broad SMARTS) is 1. The molecule has 0 radical (unpaired) electrons. The zero-order valence-electron chi connectivity index (χ0n) is 5.19. The van der Waals surface area contributed by atoms with Crippen molar-refractivity contribution in [3.05, 3.63) is 0 Å². The lowest BCUT2D eigenvalue weighted by atomic mass is 10.2. The molecule has 4 N–H and O–H groups in total. The fraction of sp³-hybridized carbons (Fsp3) is 0.750. The van der Waals surface area contributed by atoms with Crippen molar-refractivity contribution >= 4 is 5.97 Å². The second kappa shape index (κ2) is 5.12. The molecule has 0 aromatic rings. The van der Waals surface area contributed by atoms with Crippen LogP contribution in [0.4, 0.5) is 0 Å². The van der Waals surface area contributed by atoms with Crippen LogP contribution in [0, 0.1) is 0 Å². The molecule has 1 atom stereocenters. The monoisotopic (exact) mass is 151 g/mol. The van der Waals surface area contributed by atoms with E-state index in [4.69, 9.17) is 16.1 Å². The molecule has 0 saturated carbocycles. The molecule has 0 heterocycles. The van der Waals surface area contributed by atoms with Gasteiger partial charge in [0.05, 0.1) is 6.61 Å². The van der Waals surface area contributed by atoms with Crippen LogP contribution in [0.5, 0.6) is 0 Å². The molecule has 0 amide bonds. The highest BCUT2D eigenvalue weighted by Crippen LogP contribution is 1.88. The second-order valence-electron chi connectivity index (χ2n) is 1.63. The van der Waals surface area contributed by atoms with Gasteiger partial charge in [-0.3, -0.25) is 4.79 Å². The highest BCUT2D eigenvalue weighted by molar-refractivity contribution is 5.72. The summed E-state index contributed by atoms with van der Waals surface area (Å²) in [5.41, 5.74) is 5.04. The molecule has 1 unspecified atom stereocenters. The van der Waals surface area contributed by atoms with Crippen molar-refractivity contribution in [3.8, 4) is 0 Å². The molecule has 0 aliphatic rings. The molecule has 60 valence electrons. The van der Waals surface area contributed by atoms with Crippen LogP contribution in [0.3, 0.4) is 0 Å². The van der Waals surface area contributed by atoms with Crippen LogP contribution in [-0.2, 0) is 14.7 Å². The summed E-state index contributed by atoms with van der Waals surface area (Å²) in [6, 6.07) is -0.977. The molecule has 10 heavy (non-hydrogen) atoms. The second-order valence-corrected chi connectivity index (χ2v) is 1.63. The summed E-state index contributed by atoms with van der Waals surface area (Å²) < 4.78 is 0. The van der Waals surface area contributed by atoms with Crippen molar-refractivity contribution in [2.24, 2.45) is 5.73 Å². The van der Waals surface area contributed by atoms with Gasteiger partial charge in [0.2, 0.25) is 0 Å². The number of rotatable bonds is 5. The van der Waals surface area contributed by atoms with Crippen LogP contribution in [0.1, 0.15) is 6.42 Å². The third-order valence-electron chi connectivity index (χ3n) is 0.882. The van der Waals surface area contributed by atoms with Gasteiger partial charge in [-0.1, -0.05) is 5.04 Å². The van der Waals surface area contributed by atoms with Gasteiger partial charge in [0, 0.05) is 0 Å². The van der Waals surface area contributed by atoms with Crippen molar-refractivity contribution < 1.29 is 25.1 Å². The van der Waals surface area contributed by atoms with Gasteiger partial charge >= 0.3 is 5.97 Å². The minimum atomic E-state index is -1.11. The molecule has 0 aromatic carbocycles. The molecule has 0 bridgehead atoms. The van der Waals surface area contributed by atoms with Gasteiger partial charge in [0.1, 0.15) is 6.04 Å². The molecule has 0 rings (SSSR count). The highest BCUT2D eigenvalue weighted by atomic mass is 17.5. The minimum absolute atomic E-state index is 0.0516. The average molecular weight is 151 g/mol. The summed E-state index contributed by atoms with van der Waals surface area (Å²) in [6.45, 7) is -0.0516. The highest BCUT2D eigenvalue weighted by Gasteiger charge is 2.10. The molecular weight excluding hydrogens is 142 g/mol. The number of carbonyl (C=O) groups is 1. The first-order valence-electron chi connectivity index (χ1n) is 2.60. The Bertz CT molecular complexity index is 106. The summed E-state index contributed by atoms with van der Waals surface area (Å²) in [5, 5.41) is 19.0. The quantitative estimate of drug-likeness (QED) is 0.270. The summed E-state index contributed by atoms with van der Waals surface area (Å²) in [6.07, 6.45) is 0.0931. The van der Waals surface area contributed by atoms with Crippen LogP contribution in [-0.4, -0.2) is 29.0 Å². The van der Waals surface area contributed by atoms with Gasteiger partial charge in [0.25, 0.3) is 0 Å².